The Morgan fingerprint density at radius 1 is 0.848 bits per heavy atom. The molecule has 3 amide bonds. The molecular formula is C24H17N3O6. The highest BCUT2D eigenvalue weighted by Crippen LogP contribution is 2.26. The van der Waals surface area contributed by atoms with E-state index >= 15 is 0 Å². The van der Waals surface area contributed by atoms with Gasteiger partial charge in [0.1, 0.15) is 6.54 Å². The van der Waals surface area contributed by atoms with Crippen LogP contribution in [0.15, 0.2) is 72.8 Å². The molecule has 3 aromatic carbocycles. The molecule has 0 aliphatic carbocycles. The number of non-ortho nitro benzene ring substituents is 1. The number of ketones is 1. The third-order valence-corrected chi connectivity index (χ3v) is 5.24. The van der Waals surface area contributed by atoms with Crippen LogP contribution >= 0.6 is 0 Å². The van der Waals surface area contributed by atoms with Crippen molar-refractivity contribution in [2.75, 3.05) is 6.54 Å². The fourth-order valence-corrected chi connectivity index (χ4v) is 3.47. The number of amides is 3. The highest BCUT2D eigenvalue weighted by Gasteiger charge is 2.42. The molecule has 1 heterocycles. The van der Waals surface area contributed by atoms with Crippen molar-refractivity contribution in [2.24, 2.45) is 0 Å². The second-order valence-corrected chi connectivity index (χ2v) is 7.42. The Hall–Kier alpha value is -4.66. The Morgan fingerprint density at radius 2 is 1.36 bits per heavy atom. The van der Waals surface area contributed by atoms with Crippen molar-refractivity contribution < 1.29 is 24.1 Å². The van der Waals surface area contributed by atoms with Gasteiger partial charge in [0.25, 0.3) is 23.4 Å². The molecule has 33 heavy (non-hydrogen) atoms. The minimum absolute atomic E-state index is 0.0196. The smallest absolute Gasteiger partial charge is 0.280 e. The number of nitrogens with zero attached hydrogens (tertiary/aromatic N) is 3. The van der Waals surface area contributed by atoms with Crippen LogP contribution in [0.1, 0.15) is 47.0 Å². The Balaban J connectivity index is 1.72. The third kappa shape index (κ3) is 3.99. The lowest BCUT2D eigenvalue weighted by molar-refractivity contribution is -0.384. The lowest BCUT2D eigenvalue weighted by atomic mass is 10.1. The number of hydrogen-bond acceptors (Lipinski definition) is 6. The van der Waals surface area contributed by atoms with Crippen LogP contribution in [0.25, 0.3) is 0 Å². The van der Waals surface area contributed by atoms with Crippen molar-refractivity contribution in [2.45, 2.75) is 6.92 Å². The number of carbonyl (C=O) groups is 4. The van der Waals surface area contributed by atoms with Crippen LogP contribution in [0.5, 0.6) is 0 Å². The van der Waals surface area contributed by atoms with Gasteiger partial charge in [-0.05, 0) is 31.2 Å². The average molecular weight is 443 g/mol. The minimum atomic E-state index is -0.820. The van der Waals surface area contributed by atoms with Crippen LogP contribution in [-0.2, 0) is 0 Å². The predicted octanol–water partition coefficient (Wildman–Crippen LogP) is 3.44. The number of carbonyl (C=O) groups excluding carboxylic acids is 4. The van der Waals surface area contributed by atoms with Gasteiger partial charge < -0.3 is 0 Å². The van der Waals surface area contributed by atoms with Crippen LogP contribution in [-0.4, -0.2) is 45.0 Å². The molecule has 0 saturated carbocycles. The summed E-state index contributed by atoms with van der Waals surface area (Å²) in [6.07, 6.45) is 0. The monoisotopic (exact) mass is 443 g/mol. The molecule has 4 rings (SSSR count). The second-order valence-electron chi connectivity index (χ2n) is 7.42. The number of imide groups is 1. The number of Topliss-reactive ketones (excluding diaryl/α,β-unsaturated/α-hetero) is 1. The molecule has 0 bridgehead atoms. The molecule has 0 fully saturated rings. The number of hydrazine groups is 1. The van der Waals surface area contributed by atoms with E-state index in [1.165, 1.54) is 24.3 Å². The zero-order valence-electron chi connectivity index (χ0n) is 17.4. The summed E-state index contributed by atoms with van der Waals surface area (Å²) in [6, 6.07) is 17.5. The molecule has 9 heteroatoms. The fourth-order valence-electron chi connectivity index (χ4n) is 3.47. The fraction of sp³-hybridized carbons (Fsp3) is 0.0833. The molecule has 0 unspecified atom stereocenters. The summed E-state index contributed by atoms with van der Waals surface area (Å²) in [6.45, 7) is 1.28. The van der Waals surface area contributed by atoms with E-state index in [1.807, 2.05) is 6.92 Å². The molecule has 1 aliphatic rings. The maximum atomic E-state index is 13.3. The van der Waals surface area contributed by atoms with Gasteiger partial charge >= 0.3 is 0 Å². The molecule has 0 atom stereocenters. The topological polar surface area (TPSA) is 118 Å². The third-order valence-electron chi connectivity index (χ3n) is 5.24. The molecule has 3 aromatic rings. The first-order chi connectivity index (χ1) is 15.8. The van der Waals surface area contributed by atoms with Gasteiger partial charge in [0.05, 0.1) is 16.1 Å². The zero-order valence-corrected chi connectivity index (χ0v) is 17.4. The van der Waals surface area contributed by atoms with Crippen molar-refractivity contribution in [1.82, 2.24) is 10.0 Å². The maximum absolute atomic E-state index is 13.3. The first-order valence-electron chi connectivity index (χ1n) is 9.92. The molecular weight excluding hydrogens is 426 g/mol. The Labute approximate surface area is 188 Å². The molecule has 9 nitrogen and oxygen atoms in total. The van der Waals surface area contributed by atoms with E-state index in [9.17, 15) is 29.3 Å². The summed E-state index contributed by atoms with van der Waals surface area (Å²) < 4.78 is 0. The van der Waals surface area contributed by atoms with E-state index in [0.29, 0.717) is 10.6 Å². The zero-order chi connectivity index (χ0) is 23.7. The standard InChI is InChI=1S/C24H17N3O6/c1-15-6-8-16(9-7-15)21(28)14-25(22(29)17-10-12-18(13-11-17)27(32)33)26-23(30)19-4-2-3-5-20(19)24(26)31/h2-13H,14H2,1H3. The molecule has 164 valence electrons. The quantitative estimate of drug-likeness (QED) is 0.249. The number of hydrogen-bond donors (Lipinski definition) is 0. The SMILES string of the molecule is Cc1ccc(C(=O)CN(C(=O)c2ccc([N+](=O)[O-])cc2)N2C(=O)c3ccccc3C2=O)cc1. The van der Waals surface area contributed by atoms with Gasteiger partial charge in [-0.2, -0.15) is 5.01 Å². The van der Waals surface area contributed by atoms with Gasteiger partial charge in [-0.25, -0.2) is 5.01 Å². The second kappa shape index (κ2) is 8.46. The van der Waals surface area contributed by atoms with Gasteiger partial charge in [-0.15, -0.1) is 0 Å². The summed E-state index contributed by atoms with van der Waals surface area (Å²) >= 11 is 0. The highest BCUT2D eigenvalue weighted by molar-refractivity contribution is 6.22. The molecule has 0 N–H and O–H groups in total. The van der Waals surface area contributed by atoms with E-state index in [4.69, 9.17) is 0 Å². The normalized spacial score (nSPS) is 12.5. The van der Waals surface area contributed by atoms with Crippen molar-refractivity contribution in [1.29, 1.82) is 0 Å². The summed E-state index contributed by atoms with van der Waals surface area (Å²) in [5, 5.41) is 12.4. The van der Waals surface area contributed by atoms with E-state index < -0.39 is 35.0 Å². The molecule has 0 aromatic heterocycles. The van der Waals surface area contributed by atoms with Crippen molar-refractivity contribution >= 4 is 29.2 Å². The van der Waals surface area contributed by atoms with Crippen molar-refractivity contribution in [3.05, 3.63) is 111 Å². The number of fused-ring (bicyclic) bond motifs is 1. The van der Waals surface area contributed by atoms with Crippen molar-refractivity contribution in [3.63, 3.8) is 0 Å². The van der Waals surface area contributed by atoms with E-state index in [0.717, 1.165) is 22.7 Å². The van der Waals surface area contributed by atoms with Crippen LogP contribution < -0.4 is 0 Å². The Bertz CT molecular complexity index is 1260. The van der Waals surface area contributed by atoms with Crippen LogP contribution in [0.2, 0.25) is 0 Å². The summed E-state index contributed by atoms with van der Waals surface area (Å²) in [5.41, 5.74) is 1.23. The van der Waals surface area contributed by atoms with Crippen LogP contribution in [0.4, 0.5) is 5.69 Å². The number of nitro benzene ring substituents is 1. The first kappa shape index (κ1) is 21.6. The summed E-state index contributed by atoms with van der Waals surface area (Å²) in [5.74, 6) is -2.77. The molecule has 1 aliphatic heterocycles. The predicted molar refractivity (Wildman–Crippen MR) is 117 cm³/mol. The summed E-state index contributed by atoms with van der Waals surface area (Å²) in [7, 11) is 0. The Kier molecular flexibility index (Phi) is 5.53. The lowest BCUT2D eigenvalue weighted by Gasteiger charge is -2.29. The number of benzene rings is 3. The molecule has 0 spiro atoms. The van der Waals surface area contributed by atoms with E-state index in [1.54, 1.807) is 36.4 Å². The lowest BCUT2D eigenvalue weighted by Crippen LogP contribution is -2.51. The van der Waals surface area contributed by atoms with Gasteiger partial charge in [-0.1, -0.05) is 42.0 Å². The van der Waals surface area contributed by atoms with Crippen LogP contribution in [0.3, 0.4) is 0 Å². The van der Waals surface area contributed by atoms with Gasteiger partial charge in [0, 0.05) is 23.3 Å². The average Bonchev–Trinajstić information content (AvgIpc) is 3.07. The highest BCUT2D eigenvalue weighted by atomic mass is 16.6. The van der Waals surface area contributed by atoms with E-state index in [2.05, 4.69) is 0 Å². The van der Waals surface area contributed by atoms with Gasteiger partial charge in [-0.3, -0.25) is 29.3 Å². The van der Waals surface area contributed by atoms with E-state index in [-0.39, 0.29) is 22.4 Å². The Morgan fingerprint density at radius 3 is 1.88 bits per heavy atom. The number of rotatable bonds is 6. The molecule has 0 saturated heterocycles. The van der Waals surface area contributed by atoms with Crippen LogP contribution in [0, 0.1) is 17.0 Å². The first-order valence-corrected chi connectivity index (χ1v) is 9.92. The minimum Gasteiger partial charge on any atom is -0.292 e. The van der Waals surface area contributed by atoms with Gasteiger partial charge in [0.2, 0.25) is 0 Å². The van der Waals surface area contributed by atoms with Crippen molar-refractivity contribution in [3.8, 4) is 0 Å². The largest absolute Gasteiger partial charge is 0.292 e. The maximum Gasteiger partial charge on any atom is 0.280 e. The van der Waals surface area contributed by atoms with Gasteiger partial charge in [0.15, 0.2) is 5.78 Å². The molecule has 0 radical (unpaired) electrons. The number of nitro groups is 1. The summed E-state index contributed by atoms with van der Waals surface area (Å²) in [4.78, 5) is 62.6. The number of aryl methyl sites for hydroxylation is 1.